The molecule has 0 bridgehead atoms. The Labute approximate surface area is 124 Å². The molecular formula is C16H19N5. The Hall–Kier alpha value is -2.43. The van der Waals surface area contributed by atoms with E-state index in [1.165, 1.54) is 5.56 Å². The average molecular weight is 281 g/mol. The minimum atomic E-state index is 0.201. The van der Waals surface area contributed by atoms with E-state index in [4.69, 9.17) is 0 Å². The van der Waals surface area contributed by atoms with Crippen molar-refractivity contribution in [2.24, 2.45) is 0 Å². The van der Waals surface area contributed by atoms with Gasteiger partial charge in [0.1, 0.15) is 0 Å². The van der Waals surface area contributed by atoms with Gasteiger partial charge >= 0.3 is 0 Å². The van der Waals surface area contributed by atoms with E-state index in [2.05, 4.69) is 47.2 Å². The van der Waals surface area contributed by atoms with Crippen LogP contribution in [-0.4, -0.2) is 19.7 Å². The monoisotopic (exact) mass is 281 g/mol. The predicted octanol–water partition coefficient (Wildman–Crippen LogP) is 3.58. The standard InChI is InChI=1S/C16H19N5/c1-11(2)21-16-14(9-19-21)8-15(10-18-16)20-12(3)13-4-6-17-7-5-13/h4-12,20H,1-3H3. The van der Waals surface area contributed by atoms with Crippen molar-refractivity contribution in [3.63, 3.8) is 0 Å². The van der Waals surface area contributed by atoms with Gasteiger partial charge in [0.25, 0.3) is 0 Å². The first-order valence-electron chi connectivity index (χ1n) is 7.15. The highest BCUT2D eigenvalue weighted by Crippen LogP contribution is 2.22. The number of fused-ring (bicyclic) bond motifs is 1. The smallest absolute Gasteiger partial charge is 0.158 e. The van der Waals surface area contributed by atoms with E-state index in [0.717, 1.165) is 16.7 Å². The molecule has 0 saturated carbocycles. The van der Waals surface area contributed by atoms with Gasteiger partial charge in [0.05, 0.1) is 18.1 Å². The molecule has 0 saturated heterocycles. The normalized spacial score (nSPS) is 12.8. The molecule has 1 N–H and O–H groups in total. The maximum Gasteiger partial charge on any atom is 0.158 e. The summed E-state index contributed by atoms with van der Waals surface area (Å²) in [5.74, 6) is 0. The van der Waals surface area contributed by atoms with Crippen LogP contribution in [0.2, 0.25) is 0 Å². The maximum atomic E-state index is 4.53. The third kappa shape index (κ3) is 2.72. The van der Waals surface area contributed by atoms with Crippen LogP contribution in [0.4, 0.5) is 5.69 Å². The second-order valence-corrected chi connectivity index (χ2v) is 5.47. The molecule has 0 aliphatic rings. The van der Waals surface area contributed by atoms with Crippen molar-refractivity contribution >= 4 is 16.7 Å². The minimum Gasteiger partial charge on any atom is -0.377 e. The van der Waals surface area contributed by atoms with Gasteiger partial charge in [-0.25, -0.2) is 9.67 Å². The number of nitrogens with one attached hydrogen (secondary N) is 1. The summed E-state index contributed by atoms with van der Waals surface area (Å²) in [6.07, 6.45) is 7.34. The largest absolute Gasteiger partial charge is 0.377 e. The van der Waals surface area contributed by atoms with E-state index in [1.807, 2.05) is 41.6 Å². The molecule has 108 valence electrons. The Morgan fingerprint density at radius 3 is 2.57 bits per heavy atom. The lowest BCUT2D eigenvalue weighted by molar-refractivity contribution is 0.546. The predicted molar refractivity (Wildman–Crippen MR) is 84.2 cm³/mol. The van der Waals surface area contributed by atoms with Gasteiger partial charge in [-0.3, -0.25) is 4.98 Å². The van der Waals surface area contributed by atoms with Crippen molar-refractivity contribution in [2.45, 2.75) is 32.9 Å². The highest BCUT2D eigenvalue weighted by Gasteiger charge is 2.09. The zero-order chi connectivity index (χ0) is 14.8. The van der Waals surface area contributed by atoms with Crippen molar-refractivity contribution in [3.05, 3.63) is 48.5 Å². The molecule has 0 fully saturated rings. The molecule has 0 spiro atoms. The van der Waals surface area contributed by atoms with Crippen molar-refractivity contribution in [1.29, 1.82) is 0 Å². The third-order valence-corrected chi connectivity index (χ3v) is 3.51. The number of hydrogen-bond acceptors (Lipinski definition) is 4. The zero-order valence-corrected chi connectivity index (χ0v) is 12.5. The number of anilines is 1. The van der Waals surface area contributed by atoms with Crippen LogP contribution in [0.15, 0.2) is 43.0 Å². The first kappa shape index (κ1) is 13.5. The lowest BCUT2D eigenvalue weighted by Crippen LogP contribution is -2.07. The molecule has 21 heavy (non-hydrogen) atoms. The van der Waals surface area contributed by atoms with Crippen LogP contribution < -0.4 is 5.32 Å². The van der Waals surface area contributed by atoms with E-state index in [1.54, 1.807) is 0 Å². The van der Waals surface area contributed by atoms with Crippen LogP contribution >= 0.6 is 0 Å². The number of hydrogen-bond donors (Lipinski definition) is 1. The fourth-order valence-corrected chi connectivity index (χ4v) is 2.38. The molecule has 0 amide bonds. The number of nitrogens with zero attached hydrogens (tertiary/aromatic N) is 4. The van der Waals surface area contributed by atoms with Crippen molar-refractivity contribution < 1.29 is 0 Å². The summed E-state index contributed by atoms with van der Waals surface area (Å²) in [7, 11) is 0. The molecule has 0 aromatic carbocycles. The van der Waals surface area contributed by atoms with Crippen LogP contribution in [0.1, 0.15) is 38.4 Å². The summed E-state index contributed by atoms with van der Waals surface area (Å²) in [4.78, 5) is 8.58. The van der Waals surface area contributed by atoms with Gasteiger partial charge in [-0.1, -0.05) is 0 Å². The number of rotatable bonds is 4. The van der Waals surface area contributed by atoms with Crippen LogP contribution in [0.5, 0.6) is 0 Å². The molecule has 3 heterocycles. The van der Waals surface area contributed by atoms with Gasteiger partial charge < -0.3 is 5.32 Å². The van der Waals surface area contributed by atoms with Crippen molar-refractivity contribution in [1.82, 2.24) is 19.7 Å². The lowest BCUT2D eigenvalue weighted by Gasteiger charge is -2.15. The highest BCUT2D eigenvalue weighted by molar-refractivity contribution is 5.78. The fourth-order valence-electron chi connectivity index (χ4n) is 2.38. The Bertz CT molecular complexity index is 733. The summed E-state index contributed by atoms with van der Waals surface area (Å²) >= 11 is 0. The van der Waals surface area contributed by atoms with Gasteiger partial charge in [0.2, 0.25) is 0 Å². The quantitative estimate of drug-likeness (QED) is 0.794. The van der Waals surface area contributed by atoms with Crippen LogP contribution in [0.3, 0.4) is 0 Å². The van der Waals surface area contributed by atoms with Gasteiger partial charge in [-0.2, -0.15) is 5.10 Å². The molecule has 5 heteroatoms. The number of aromatic nitrogens is 4. The van der Waals surface area contributed by atoms with Gasteiger partial charge in [-0.05, 0) is 44.5 Å². The zero-order valence-electron chi connectivity index (χ0n) is 12.5. The van der Waals surface area contributed by atoms with E-state index in [9.17, 15) is 0 Å². The fraction of sp³-hybridized carbons (Fsp3) is 0.312. The van der Waals surface area contributed by atoms with E-state index >= 15 is 0 Å². The third-order valence-electron chi connectivity index (χ3n) is 3.51. The summed E-state index contributed by atoms with van der Waals surface area (Å²) in [6, 6.07) is 6.63. The van der Waals surface area contributed by atoms with Gasteiger partial charge in [0, 0.05) is 29.9 Å². The van der Waals surface area contributed by atoms with Crippen LogP contribution in [0.25, 0.3) is 11.0 Å². The second kappa shape index (κ2) is 5.52. The molecule has 3 aromatic heterocycles. The minimum absolute atomic E-state index is 0.201. The molecule has 5 nitrogen and oxygen atoms in total. The Morgan fingerprint density at radius 1 is 1.10 bits per heavy atom. The number of pyridine rings is 2. The van der Waals surface area contributed by atoms with E-state index < -0.39 is 0 Å². The SMILES string of the molecule is CC(Nc1cnc2c(cnn2C(C)C)c1)c1ccncc1. The van der Waals surface area contributed by atoms with Crippen molar-refractivity contribution in [2.75, 3.05) is 5.32 Å². The van der Waals surface area contributed by atoms with Crippen LogP contribution in [-0.2, 0) is 0 Å². The van der Waals surface area contributed by atoms with E-state index in [-0.39, 0.29) is 6.04 Å². The second-order valence-electron chi connectivity index (χ2n) is 5.47. The first-order chi connectivity index (χ1) is 10.1. The highest BCUT2D eigenvalue weighted by atomic mass is 15.3. The van der Waals surface area contributed by atoms with Gasteiger partial charge in [-0.15, -0.1) is 0 Å². The molecule has 3 rings (SSSR count). The molecule has 3 aromatic rings. The molecule has 1 atom stereocenters. The van der Waals surface area contributed by atoms with Crippen molar-refractivity contribution in [3.8, 4) is 0 Å². The topological polar surface area (TPSA) is 55.6 Å². The van der Waals surface area contributed by atoms with E-state index in [0.29, 0.717) is 6.04 Å². The lowest BCUT2D eigenvalue weighted by atomic mass is 10.1. The first-order valence-corrected chi connectivity index (χ1v) is 7.15. The van der Waals surface area contributed by atoms with Crippen LogP contribution in [0, 0.1) is 0 Å². The Balaban J connectivity index is 1.85. The summed E-state index contributed by atoms with van der Waals surface area (Å²) in [6.45, 7) is 6.33. The molecular weight excluding hydrogens is 262 g/mol. The summed E-state index contributed by atoms with van der Waals surface area (Å²) in [5, 5.41) is 8.90. The summed E-state index contributed by atoms with van der Waals surface area (Å²) < 4.78 is 1.94. The maximum absolute atomic E-state index is 4.53. The Kier molecular flexibility index (Phi) is 3.56. The molecule has 0 radical (unpaired) electrons. The van der Waals surface area contributed by atoms with Gasteiger partial charge in [0.15, 0.2) is 5.65 Å². The summed E-state index contributed by atoms with van der Waals surface area (Å²) in [5.41, 5.74) is 3.12. The molecule has 0 aliphatic heterocycles. The molecule has 0 aliphatic carbocycles. The molecule has 1 unspecified atom stereocenters. The Morgan fingerprint density at radius 2 is 1.86 bits per heavy atom. The average Bonchev–Trinajstić information content (AvgIpc) is 2.91.